The molecule has 2 aromatic rings. The Balaban J connectivity index is 2.10. The molecule has 0 spiro atoms. The van der Waals surface area contributed by atoms with Gasteiger partial charge in [0.1, 0.15) is 0 Å². The second-order valence-electron chi connectivity index (χ2n) is 3.16. The molecule has 0 unspecified atom stereocenters. The lowest BCUT2D eigenvalue weighted by Crippen LogP contribution is -1.91. The number of thiophene rings is 1. The zero-order valence-corrected chi connectivity index (χ0v) is 9.07. The van der Waals surface area contributed by atoms with Crippen molar-refractivity contribution in [3.05, 3.63) is 46.4 Å². The van der Waals surface area contributed by atoms with Crippen molar-refractivity contribution in [1.29, 1.82) is 0 Å². The molecule has 0 N–H and O–H groups in total. The average molecular weight is 218 g/mol. The van der Waals surface area contributed by atoms with Gasteiger partial charge in [-0.15, -0.1) is 0 Å². The third-order valence-corrected chi connectivity index (χ3v) is 2.66. The second kappa shape index (κ2) is 4.23. The number of ketones is 1. The molecule has 0 aliphatic carbocycles. The fourth-order valence-electron chi connectivity index (χ4n) is 1.19. The first kappa shape index (κ1) is 9.86. The molecule has 0 radical (unpaired) electrons. The zero-order valence-electron chi connectivity index (χ0n) is 8.25. The Kier molecular flexibility index (Phi) is 2.78. The number of aromatic nitrogens is 2. The first-order chi connectivity index (χ1) is 7.25. The van der Waals surface area contributed by atoms with Crippen LogP contribution in [-0.2, 0) is 7.05 Å². The van der Waals surface area contributed by atoms with Gasteiger partial charge in [0, 0.05) is 13.2 Å². The SMILES string of the molecule is Cn1cc(C(=O)/C=C/c2ccsc2)cn1. The number of rotatable bonds is 3. The lowest BCUT2D eigenvalue weighted by molar-refractivity contribution is 0.104. The van der Waals surface area contributed by atoms with Crippen LogP contribution in [0, 0.1) is 0 Å². The minimum Gasteiger partial charge on any atom is -0.289 e. The van der Waals surface area contributed by atoms with Crippen molar-refractivity contribution >= 4 is 23.2 Å². The van der Waals surface area contributed by atoms with E-state index in [4.69, 9.17) is 0 Å². The average Bonchev–Trinajstić information content (AvgIpc) is 2.84. The third-order valence-electron chi connectivity index (χ3n) is 1.96. The van der Waals surface area contributed by atoms with Gasteiger partial charge in [-0.2, -0.15) is 16.4 Å². The highest BCUT2D eigenvalue weighted by Gasteiger charge is 2.03. The number of carbonyl (C=O) groups is 1. The molecule has 2 aromatic heterocycles. The highest BCUT2D eigenvalue weighted by atomic mass is 32.1. The van der Waals surface area contributed by atoms with Crippen LogP contribution in [0.2, 0.25) is 0 Å². The van der Waals surface area contributed by atoms with Crippen molar-refractivity contribution in [2.24, 2.45) is 7.05 Å². The summed E-state index contributed by atoms with van der Waals surface area (Å²) in [6.45, 7) is 0. The maximum atomic E-state index is 11.6. The van der Waals surface area contributed by atoms with Gasteiger partial charge in [-0.25, -0.2) is 0 Å². The summed E-state index contributed by atoms with van der Waals surface area (Å²) in [6, 6.07) is 1.97. The van der Waals surface area contributed by atoms with Crippen LogP contribution in [0.1, 0.15) is 15.9 Å². The number of allylic oxidation sites excluding steroid dienone is 1. The van der Waals surface area contributed by atoms with Gasteiger partial charge < -0.3 is 0 Å². The van der Waals surface area contributed by atoms with Gasteiger partial charge in [0.05, 0.1) is 11.8 Å². The van der Waals surface area contributed by atoms with Crippen molar-refractivity contribution in [2.75, 3.05) is 0 Å². The standard InChI is InChI=1S/C11H10N2OS/c1-13-7-10(6-12-13)11(14)3-2-9-4-5-15-8-9/h2-8H,1H3/b3-2+. The number of nitrogens with zero attached hydrogens (tertiary/aromatic N) is 2. The Morgan fingerprint density at radius 3 is 3.07 bits per heavy atom. The van der Waals surface area contributed by atoms with Crippen LogP contribution in [0.5, 0.6) is 0 Å². The number of hydrogen-bond acceptors (Lipinski definition) is 3. The van der Waals surface area contributed by atoms with Crippen LogP contribution < -0.4 is 0 Å². The molecule has 0 saturated carbocycles. The van der Waals surface area contributed by atoms with Crippen LogP contribution in [0.25, 0.3) is 6.08 Å². The molecular weight excluding hydrogens is 208 g/mol. The van der Waals surface area contributed by atoms with E-state index in [9.17, 15) is 4.79 Å². The van der Waals surface area contributed by atoms with Crippen molar-refractivity contribution in [1.82, 2.24) is 9.78 Å². The van der Waals surface area contributed by atoms with Crippen molar-refractivity contribution in [2.45, 2.75) is 0 Å². The maximum absolute atomic E-state index is 11.6. The van der Waals surface area contributed by atoms with E-state index in [0.29, 0.717) is 5.56 Å². The summed E-state index contributed by atoms with van der Waals surface area (Å²) >= 11 is 1.61. The second-order valence-corrected chi connectivity index (χ2v) is 3.94. The molecule has 3 nitrogen and oxygen atoms in total. The van der Waals surface area contributed by atoms with E-state index in [1.54, 1.807) is 41.5 Å². The molecule has 0 fully saturated rings. The lowest BCUT2D eigenvalue weighted by Gasteiger charge is -1.87. The summed E-state index contributed by atoms with van der Waals surface area (Å²) in [5, 5.41) is 7.92. The molecule has 0 aromatic carbocycles. The Labute approximate surface area is 91.7 Å². The summed E-state index contributed by atoms with van der Waals surface area (Å²) in [7, 11) is 1.79. The highest BCUT2D eigenvalue weighted by molar-refractivity contribution is 7.08. The van der Waals surface area contributed by atoms with E-state index >= 15 is 0 Å². The molecule has 0 saturated heterocycles. The minimum absolute atomic E-state index is 0.0192. The molecule has 0 amide bonds. The molecule has 2 rings (SSSR count). The van der Waals surface area contributed by atoms with E-state index in [0.717, 1.165) is 5.56 Å². The summed E-state index contributed by atoms with van der Waals surface area (Å²) in [5.74, 6) is -0.0192. The minimum atomic E-state index is -0.0192. The lowest BCUT2D eigenvalue weighted by atomic mass is 10.2. The van der Waals surface area contributed by atoms with Gasteiger partial charge in [-0.3, -0.25) is 9.48 Å². The van der Waals surface area contributed by atoms with Crippen LogP contribution in [0.15, 0.2) is 35.3 Å². The fraction of sp³-hybridized carbons (Fsp3) is 0.0909. The van der Waals surface area contributed by atoms with E-state index in [1.807, 2.05) is 22.9 Å². The molecule has 0 bridgehead atoms. The molecule has 2 heterocycles. The van der Waals surface area contributed by atoms with E-state index in [1.165, 1.54) is 0 Å². The number of aryl methyl sites for hydroxylation is 1. The van der Waals surface area contributed by atoms with Gasteiger partial charge in [-0.1, -0.05) is 6.08 Å². The normalized spacial score (nSPS) is 11.0. The van der Waals surface area contributed by atoms with Gasteiger partial charge in [0.2, 0.25) is 0 Å². The molecule has 15 heavy (non-hydrogen) atoms. The molecule has 0 aliphatic heterocycles. The van der Waals surface area contributed by atoms with E-state index in [2.05, 4.69) is 5.10 Å². The summed E-state index contributed by atoms with van der Waals surface area (Å²) in [4.78, 5) is 11.6. The Morgan fingerprint density at radius 1 is 1.60 bits per heavy atom. The molecule has 76 valence electrons. The monoisotopic (exact) mass is 218 g/mol. The maximum Gasteiger partial charge on any atom is 0.189 e. The third kappa shape index (κ3) is 2.41. The molecule has 4 heteroatoms. The smallest absolute Gasteiger partial charge is 0.189 e. The predicted octanol–water partition coefficient (Wildman–Crippen LogP) is 2.38. The van der Waals surface area contributed by atoms with Gasteiger partial charge in [-0.05, 0) is 28.5 Å². The number of carbonyl (C=O) groups excluding carboxylic acids is 1. The summed E-state index contributed by atoms with van der Waals surface area (Å²) in [5.41, 5.74) is 1.67. The van der Waals surface area contributed by atoms with Gasteiger partial charge in [0.15, 0.2) is 5.78 Å². The van der Waals surface area contributed by atoms with Crippen molar-refractivity contribution < 1.29 is 4.79 Å². The topological polar surface area (TPSA) is 34.9 Å². The highest BCUT2D eigenvalue weighted by Crippen LogP contribution is 2.08. The number of hydrogen-bond donors (Lipinski definition) is 0. The predicted molar refractivity (Wildman–Crippen MR) is 60.9 cm³/mol. The van der Waals surface area contributed by atoms with Crippen LogP contribution in [0.3, 0.4) is 0 Å². The Morgan fingerprint density at radius 2 is 2.47 bits per heavy atom. The first-order valence-corrected chi connectivity index (χ1v) is 5.43. The van der Waals surface area contributed by atoms with E-state index < -0.39 is 0 Å². The largest absolute Gasteiger partial charge is 0.289 e. The quantitative estimate of drug-likeness (QED) is 0.585. The van der Waals surface area contributed by atoms with Crippen molar-refractivity contribution in [3.63, 3.8) is 0 Å². The van der Waals surface area contributed by atoms with Gasteiger partial charge in [0.25, 0.3) is 0 Å². The Bertz CT molecular complexity index is 482. The summed E-state index contributed by atoms with van der Waals surface area (Å²) < 4.78 is 1.62. The fourth-order valence-corrected chi connectivity index (χ4v) is 1.81. The first-order valence-electron chi connectivity index (χ1n) is 4.49. The van der Waals surface area contributed by atoms with Crippen LogP contribution in [-0.4, -0.2) is 15.6 Å². The summed E-state index contributed by atoms with van der Waals surface area (Å²) in [6.07, 6.45) is 6.66. The zero-order chi connectivity index (χ0) is 10.7. The van der Waals surface area contributed by atoms with Crippen LogP contribution in [0.4, 0.5) is 0 Å². The van der Waals surface area contributed by atoms with Gasteiger partial charge >= 0.3 is 0 Å². The Hall–Kier alpha value is -1.68. The van der Waals surface area contributed by atoms with Crippen LogP contribution >= 0.6 is 11.3 Å². The molecular formula is C11H10N2OS. The molecule has 0 atom stereocenters. The van der Waals surface area contributed by atoms with Crippen molar-refractivity contribution in [3.8, 4) is 0 Å². The van der Waals surface area contributed by atoms with E-state index in [-0.39, 0.29) is 5.78 Å². The molecule has 0 aliphatic rings.